The number of carbonyl (C=O) groups excluding carboxylic acids is 1. The molecule has 0 spiro atoms. The van der Waals surface area contributed by atoms with Crippen molar-refractivity contribution in [3.8, 4) is 0 Å². The number of hydrogen-bond donors (Lipinski definition) is 1. The Hall–Kier alpha value is -2.55. The fraction of sp³-hybridized carbons (Fsp3) is 0.607. The number of hydrogen-bond acceptors (Lipinski definition) is 4. The lowest BCUT2D eigenvalue weighted by Gasteiger charge is -2.35. The topological polar surface area (TPSA) is 58.1 Å². The molecule has 1 aliphatic carbocycles. The van der Waals surface area contributed by atoms with Gasteiger partial charge in [0, 0.05) is 56.1 Å². The smallest absolute Gasteiger partial charge is 0.349 e. The van der Waals surface area contributed by atoms with Gasteiger partial charge in [0.05, 0.1) is 11.3 Å². The molecule has 3 heterocycles. The zero-order valence-electron chi connectivity index (χ0n) is 21.4. The highest BCUT2D eigenvalue weighted by Gasteiger charge is 2.36. The fourth-order valence-electron chi connectivity index (χ4n) is 5.38. The molecule has 1 fully saturated rings. The van der Waals surface area contributed by atoms with Crippen LogP contribution < -0.4 is 5.32 Å². The number of pyridine rings is 2. The van der Waals surface area contributed by atoms with E-state index in [0.29, 0.717) is 62.7 Å². The van der Waals surface area contributed by atoms with Crippen LogP contribution >= 0.6 is 0 Å². The molecular weight excluding hydrogens is 484 g/mol. The highest BCUT2D eigenvalue weighted by Crippen LogP contribution is 2.35. The SMILES string of the molecule is CCc1ncccc1C(=O)NC1CCC(F)(CCN2CCc3ccc(CCC(F)(F)F)nc3CC2)CC1. The number of amides is 1. The van der Waals surface area contributed by atoms with Gasteiger partial charge in [-0.1, -0.05) is 13.0 Å². The van der Waals surface area contributed by atoms with Crippen molar-refractivity contribution in [1.82, 2.24) is 20.2 Å². The number of nitrogens with zero attached hydrogens (tertiary/aromatic N) is 3. The van der Waals surface area contributed by atoms with Gasteiger partial charge >= 0.3 is 6.18 Å². The van der Waals surface area contributed by atoms with Crippen molar-refractivity contribution in [2.75, 3.05) is 19.6 Å². The summed E-state index contributed by atoms with van der Waals surface area (Å²) < 4.78 is 53.3. The average molecular weight is 521 g/mol. The normalized spacial score (nSPS) is 22.8. The van der Waals surface area contributed by atoms with Gasteiger partial charge in [0.2, 0.25) is 0 Å². The van der Waals surface area contributed by atoms with Crippen LogP contribution in [-0.4, -0.2) is 58.3 Å². The van der Waals surface area contributed by atoms with Crippen molar-refractivity contribution in [1.29, 1.82) is 0 Å². The van der Waals surface area contributed by atoms with Crippen LogP contribution in [0.1, 0.15) is 78.5 Å². The molecule has 1 saturated carbocycles. The van der Waals surface area contributed by atoms with E-state index in [4.69, 9.17) is 0 Å². The first-order valence-corrected chi connectivity index (χ1v) is 13.3. The highest BCUT2D eigenvalue weighted by atomic mass is 19.4. The lowest BCUT2D eigenvalue weighted by Crippen LogP contribution is -2.43. The van der Waals surface area contributed by atoms with Crippen molar-refractivity contribution in [3.05, 3.63) is 58.7 Å². The monoisotopic (exact) mass is 520 g/mol. The van der Waals surface area contributed by atoms with Crippen LogP contribution in [0.5, 0.6) is 0 Å². The molecule has 1 N–H and O–H groups in total. The van der Waals surface area contributed by atoms with Gasteiger partial charge in [-0.2, -0.15) is 13.2 Å². The van der Waals surface area contributed by atoms with Crippen molar-refractivity contribution in [3.63, 3.8) is 0 Å². The molecule has 37 heavy (non-hydrogen) atoms. The van der Waals surface area contributed by atoms with Gasteiger partial charge in [-0.15, -0.1) is 0 Å². The van der Waals surface area contributed by atoms with Crippen LogP contribution in [0.3, 0.4) is 0 Å². The summed E-state index contributed by atoms with van der Waals surface area (Å²) in [6.07, 6.45) is 1.15. The molecule has 1 aliphatic heterocycles. The van der Waals surface area contributed by atoms with Crippen LogP contribution in [-0.2, 0) is 25.7 Å². The molecule has 0 atom stereocenters. The van der Waals surface area contributed by atoms with E-state index < -0.39 is 18.3 Å². The second-order valence-electron chi connectivity index (χ2n) is 10.4. The number of nitrogens with one attached hydrogen (secondary N) is 1. The largest absolute Gasteiger partial charge is 0.389 e. The van der Waals surface area contributed by atoms with Gasteiger partial charge < -0.3 is 10.2 Å². The van der Waals surface area contributed by atoms with Crippen molar-refractivity contribution < 1.29 is 22.4 Å². The molecule has 2 aromatic heterocycles. The molecular formula is C28H36F4N4O. The summed E-state index contributed by atoms with van der Waals surface area (Å²) in [5.74, 6) is -0.138. The lowest BCUT2D eigenvalue weighted by atomic mass is 9.81. The number of aryl methyl sites for hydroxylation is 2. The van der Waals surface area contributed by atoms with E-state index in [1.165, 1.54) is 0 Å². The predicted molar refractivity (Wildman–Crippen MR) is 134 cm³/mol. The van der Waals surface area contributed by atoms with Crippen LogP contribution in [0.25, 0.3) is 0 Å². The van der Waals surface area contributed by atoms with E-state index in [1.54, 1.807) is 24.4 Å². The third-order valence-electron chi connectivity index (χ3n) is 7.72. The minimum atomic E-state index is -4.18. The highest BCUT2D eigenvalue weighted by molar-refractivity contribution is 5.95. The average Bonchev–Trinajstić information content (AvgIpc) is 3.09. The molecule has 0 bridgehead atoms. The molecule has 4 rings (SSSR count). The van der Waals surface area contributed by atoms with E-state index >= 15 is 4.39 Å². The Morgan fingerprint density at radius 2 is 1.92 bits per heavy atom. The Balaban J connectivity index is 1.23. The Labute approximate surface area is 216 Å². The summed E-state index contributed by atoms with van der Waals surface area (Å²) in [7, 11) is 0. The quantitative estimate of drug-likeness (QED) is 0.473. The minimum Gasteiger partial charge on any atom is -0.349 e. The standard InChI is InChI=1S/C28H36F4N4O/c1-2-24-23(4-3-16-33-24)26(37)35-22-7-12-27(29,13-8-22)15-19-36-17-10-20-5-6-21(9-14-28(30,31)32)34-25(20)11-18-36/h3-6,16,22H,2,7-15,17-19H2,1H3,(H,35,37). The number of aromatic nitrogens is 2. The molecule has 0 saturated heterocycles. The van der Waals surface area contributed by atoms with Crippen molar-refractivity contribution in [2.45, 2.75) is 89.0 Å². The molecule has 5 nitrogen and oxygen atoms in total. The lowest BCUT2D eigenvalue weighted by molar-refractivity contribution is -0.134. The maximum atomic E-state index is 15.6. The van der Waals surface area contributed by atoms with E-state index in [-0.39, 0.29) is 18.4 Å². The first-order valence-electron chi connectivity index (χ1n) is 13.3. The zero-order chi connectivity index (χ0) is 26.5. The Kier molecular flexibility index (Phi) is 8.82. The molecule has 0 aromatic carbocycles. The Morgan fingerprint density at radius 1 is 1.16 bits per heavy atom. The van der Waals surface area contributed by atoms with Crippen molar-refractivity contribution in [2.24, 2.45) is 0 Å². The first-order chi connectivity index (χ1) is 17.6. The molecule has 1 amide bonds. The van der Waals surface area contributed by atoms with E-state index in [1.807, 2.05) is 13.0 Å². The summed E-state index contributed by atoms with van der Waals surface area (Å²) in [4.78, 5) is 23.7. The fourth-order valence-corrected chi connectivity index (χ4v) is 5.38. The number of alkyl halides is 4. The number of halogens is 4. The molecule has 9 heteroatoms. The third kappa shape index (κ3) is 7.72. The first kappa shape index (κ1) is 27.5. The van der Waals surface area contributed by atoms with Crippen LogP contribution in [0.2, 0.25) is 0 Å². The Bertz CT molecular complexity index is 1070. The zero-order valence-corrected chi connectivity index (χ0v) is 21.4. The second kappa shape index (κ2) is 11.9. The van der Waals surface area contributed by atoms with Crippen LogP contribution in [0.15, 0.2) is 30.5 Å². The number of fused-ring (bicyclic) bond motifs is 1. The van der Waals surface area contributed by atoms with E-state index in [0.717, 1.165) is 36.5 Å². The van der Waals surface area contributed by atoms with Gasteiger partial charge in [-0.25, -0.2) is 4.39 Å². The van der Waals surface area contributed by atoms with Gasteiger partial charge in [-0.05, 0) is 75.1 Å². The maximum absolute atomic E-state index is 15.6. The van der Waals surface area contributed by atoms with Crippen molar-refractivity contribution >= 4 is 5.91 Å². The van der Waals surface area contributed by atoms with Gasteiger partial charge in [-0.3, -0.25) is 14.8 Å². The minimum absolute atomic E-state index is 0.0356. The molecule has 0 unspecified atom stereocenters. The summed E-state index contributed by atoms with van der Waals surface area (Å²) in [5, 5.41) is 3.07. The summed E-state index contributed by atoms with van der Waals surface area (Å²) in [6, 6.07) is 7.10. The third-order valence-corrected chi connectivity index (χ3v) is 7.72. The summed E-state index contributed by atoms with van der Waals surface area (Å²) in [5.41, 5.74) is 2.53. The maximum Gasteiger partial charge on any atom is 0.389 e. The summed E-state index contributed by atoms with van der Waals surface area (Å²) >= 11 is 0. The second-order valence-corrected chi connectivity index (χ2v) is 10.4. The summed E-state index contributed by atoms with van der Waals surface area (Å²) in [6.45, 7) is 4.11. The molecule has 2 aromatic rings. The molecule has 0 radical (unpaired) electrons. The van der Waals surface area contributed by atoms with Gasteiger partial charge in [0.25, 0.3) is 5.91 Å². The van der Waals surface area contributed by atoms with Crippen LogP contribution in [0.4, 0.5) is 17.6 Å². The van der Waals surface area contributed by atoms with Crippen LogP contribution in [0, 0.1) is 0 Å². The predicted octanol–water partition coefficient (Wildman–Crippen LogP) is 5.41. The van der Waals surface area contributed by atoms with E-state index in [2.05, 4.69) is 20.2 Å². The Morgan fingerprint density at radius 3 is 2.65 bits per heavy atom. The van der Waals surface area contributed by atoms with Gasteiger partial charge in [0.1, 0.15) is 5.67 Å². The van der Waals surface area contributed by atoms with E-state index in [9.17, 15) is 18.0 Å². The molecule has 202 valence electrons. The number of rotatable bonds is 8. The number of carbonyl (C=O) groups is 1. The van der Waals surface area contributed by atoms with Gasteiger partial charge in [0.15, 0.2) is 0 Å². The molecule has 2 aliphatic rings.